The molecule has 33 heavy (non-hydrogen) atoms. The maximum Gasteiger partial charge on any atom is 0.266 e. The molecule has 0 spiro atoms. The molecule has 2 amide bonds. The molecule has 0 aliphatic carbocycles. The summed E-state index contributed by atoms with van der Waals surface area (Å²) in [6.45, 7) is 1.29. The van der Waals surface area contributed by atoms with E-state index in [0.717, 1.165) is 41.6 Å². The second-order valence-corrected chi connectivity index (χ2v) is 9.10. The van der Waals surface area contributed by atoms with Gasteiger partial charge in [0.15, 0.2) is 5.17 Å². The molecule has 2 aliphatic rings. The standard InChI is InChI=1S/C25H24N4O3S/c26-23(30)16-28-14-17(20-10-4-5-11-21(20)28)13-22-24(31)29(15-19-9-6-12-32-19)25(33-22)27-18-7-2-1-3-8-18/h1-5,7-8,10-11,13-14,19H,6,9,12,15-16H2,(H2,26,30). The Morgan fingerprint density at radius 3 is 2.73 bits per heavy atom. The van der Waals surface area contributed by atoms with Crippen molar-refractivity contribution in [1.82, 2.24) is 9.47 Å². The second-order valence-electron chi connectivity index (χ2n) is 8.09. The third-order valence-corrected chi connectivity index (χ3v) is 6.72. The molecule has 168 valence electrons. The highest BCUT2D eigenvalue weighted by atomic mass is 32.2. The van der Waals surface area contributed by atoms with Gasteiger partial charge in [-0.05, 0) is 48.9 Å². The number of aromatic nitrogens is 1. The summed E-state index contributed by atoms with van der Waals surface area (Å²) in [7, 11) is 0. The van der Waals surface area contributed by atoms with E-state index in [9.17, 15) is 9.59 Å². The number of nitrogens with zero attached hydrogens (tertiary/aromatic N) is 3. The quantitative estimate of drug-likeness (QED) is 0.565. The van der Waals surface area contributed by atoms with E-state index in [2.05, 4.69) is 0 Å². The van der Waals surface area contributed by atoms with E-state index in [0.29, 0.717) is 16.6 Å². The Morgan fingerprint density at radius 1 is 1.18 bits per heavy atom. The van der Waals surface area contributed by atoms with Crippen LogP contribution in [-0.2, 0) is 20.9 Å². The average Bonchev–Trinajstić information content (AvgIpc) is 3.51. The van der Waals surface area contributed by atoms with Gasteiger partial charge in [-0.2, -0.15) is 0 Å². The molecule has 1 atom stereocenters. The van der Waals surface area contributed by atoms with Gasteiger partial charge in [0.1, 0.15) is 6.54 Å². The Labute approximate surface area is 195 Å². The number of carbonyl (C=O) groups is 2. The monoisotopic (exact) mass is 460 g/mol. The number of fused-ring (bicyclic) bond motifs is 1. The molecule has 2 aromatic carbocycles. The van der Waals surface area contributed by atoms with E-state index in [1.807, 2.05) is 71.4 Å². The highest BCUT2D eigenvalue weighted by Crippen LogP contribution is 2.36. The Hall–Kier alpha value is -3.36. The summed E-state index contributed by atoms with van der Waals surface area (Å²) in [5.41, 5.74) is 7.98. The van der Waals surface area contributed by atoms with Crippen molar-refractivity contribution < 1.29 is 14.3 Å². The predicted octanol–water partition coefficient (Wildman–Crippen LogP) is 3.91. The lowest BCUT2D eigenvalue weighted by atomic mass is 10.1. The van der Waals surface area contributed by atoms with Crippen LogP contribution in [0.2, 0.25) is 0 Å². The molecule has 8 heteroatoms. The maximum atomic E-state index is 13.4. The minimum Gasteiger partial charge on any atom is -0.376 e. The number of nitrogens with two attached hydrogens (primary N) is 1. The second kappa shape index (κ2) is 9.25. The Bertz CT molecular complexity index is 1260. The van der Waals surface area contributed by atoms with E-state index in [1.54, 1.807) is 4.90 Å². The molecule has 0 bridgehead atoms. The van der Waals surface area contributed by atoms with Gasteiger partial charge >= 0.3 is 0 Å². The molecule has 5 rings (SSSR count). The zero-order valence-corrected chi connectivity index (χ0v) is 18.8. The van der Waals surface area contributed by atoms with Crippen LogP contribution < -0.4 is 5.73 Å². The first-order valence-electron chi connectivity index (χ1n) is 10.9. The van der Waals surface area contributed by atoms with Crippen LogP contribution in [0.4, 0.5) is 5.69 Å². The van der Waals surface area contributed by atoms with Gasteiger partial charge < -0.3 is 15.0 Å². The van der Waals surface area contributed by atoms with Gasteiger partial charge in [-0.15, -0.1) is 0 Å². The van der Waals surface area contributed by atoms with Gasteiger partial charge in [0.25, 0.3) is 5.91 Å². The van der Waals surface area contributed by atoms with Gasteiger partial charge in [-0.25, -0.2) is 4.99 Å². The largest absolute Gasteiger partial charge is 0.376 e. The van der Waals surface area contributed by atoms with Crippen molar-refractivity contribution in [1.29, 1.82) is 0 Å². The van der Waals surface area contributed by atoms with Crippen LogP contribution in [0.25, 0.3) is 17.0 Å². The van der Waals surface area contributed by atoms with E-state index in [4.69, 9.17) is 15.5 Å². The molecule has 2 saturated heterocycles. The summed E-state index contributed by atoms with van der Waals surface area (Å²) in [6.07, 6.45) is 5.71. The van der Waals surface area contributed by atoms with Crippen molar-refractivity contribution >= 4 is 51.4 Å². The molecule has 0 radical (unpaired) electrons. The molecule has 7 nitrogen and oxygen atoms in total. The molecule has 1 unspecified atom stereocenters. The summed E-state index contributed by atoms with van der Waals surface area (Å²) in [6, 6.07) is 17.4. The number of primary amides is 1. The lowest BCUT2D eigenvalue weighted by Gasteiger charge is -2.19. The first-order valence-corrected chi connectivity index (χ1v) is 11.7. The molecule has 2 fully saturated rings. The number of carbonyl (C=O) groups excluding carboxylic acids is 2. The number of para-hydroxylation sites is 2. The smallest absolute Gasteiger partial charge is 0.266 e. The van der Waals surface area contributed by atoms with Crippen LogP contribution in [0.5, 0.6) is 0 Å². The fourth-order valence-corrected chi connectivity index (χ4v) is 5.19. The van der Waals surface area contributed by atoms with Gasteiger partial charge in [0.2, 0.25) is 5.91 Å². The number of amides is 2. The van der Waals surface area contributed by atoms with Crippen molar-refractivity contribution in [2.24, 2.45) is 10.7 Å². The first-order chi connectivity index (χ1) is 16.1. The van der Waals surface area contributed by atoms with Crippen molar-refractivity contribution in [3.05, 3.63) is 71.3 Å². The normalized spacial score (nSPS) is 21.0. The van der Waals surface area contributed by atoms with Gasteiger partial charge in [0.05, 0.1) is 23.2 Å². The lowest BCUT2D eigenvalue weighted by Crippen LogP contribution is -2.36. The SMILES string of the molecule is NC(=O)Cn1cc(C=C2SC(=Nc3ccccc3)N(CC3CCCO3)C2=O)c2ccccc21. The molecule has 2 N–H and O–H groups in total. The number of hydrogen-bond acceptors (Lipinski definition) is 5. The summed E-state index contributed by atoms with van der Waals surface area (Å²) in [5.74, 6) is -0.502. The van der Waals surface area contributed by atoms with Gasteiger partial charge in [-0.1, -0.05) is 36.4 Å². The fraction of sp³-hybridized carbons (Fsp3) is 0.240. The number of thioether (sulfide) groups is 1. The van der Waals surface area contributed by atoms with Gasteiger partial charge in [-0.3, -0.25) is 14.5 Å². The number of ether oxygens (including phenoxy) is 1. The Morgan fingerprint density at radius 2 is 1.97 bits per heavy atom. The highest BCUT2D eigenvalue weighted by molar-refractivity contribution is 8.18. The number of hydrogen-bond donors (Lipinski definition) is 1. The number of amidine groups is 1. The third-order valence-electron chi connectivity index (χ3n) is 5.71. The van der Waals surface area contributed by atoms with Gasteiger partial charge in [0, 0.05) is 29.3 Å². The van der Waals surface area contributed by atoms with Crippen LogP contribution in [-0.4, -0.2) is 45.7 Å². The molecule has 1 aromatic heterocycles. The molecule has 2 aliphatic heterocycles. The summed E-state index contributed by atoms with van der Waals surface area (Å²) in [5, 5.41) is 1.60. The third kappa shape index (κ3) is 4.58. The van der Waals surface area contributed by atoms with Crippen LogP contribution in [0, 0.1) is 0 Å². The molecular formula is C25H24N4O3S. The summed E-state index contributed by atoms with van der Waals surface area (Å²) in [4.78, 5) is 32.0. The van der Waals surface area contributed by atoms with Crippen molar-refractivity contribution in [3.63, 3.8) is 0 Å². The highest BCUT2D eigenvalue weighted by Gasteiger charge is 2.36. The minimum atomic E-state index is -0.415. The first kappa shape index (κ1) is 21.5. The number of aliphatic imine (C=N–C) groups is 1. The Kier molecular flexibility index (Phi) is 6.02. The summed E-state index contributed by atoms with van der Waals surface area (Å²) < 4.78 is 7.61. The van der Waals surface area contributed by atoms with Crippen molar-refractivity contribution in [2.45, 2.75) is 25.5 Å². The topological polar surface area (TPSA) is 89.9 Å². The van der Waals surface area contributed by atoms with Crippen LogP contribution in [0.15, 0.2) is 70.7 Å². The summed E-state index contributed by atoms with van der Waals surface area (Å²) >= 11 is 1.36. The predicted molar refractivity (Wildman–Crippen MR) is 131 cm³/mol. The Balaban J connectivity index is 1.52. The number of benzene rings is 2. The zero-order valence-electron chi connectivity index (χ0n) is 18.0. The van der Waals surface area contributed by atoms with E-state index in [-0.39, 0.29) is 18.6 Å². The van der Waals surface area contributed by atoms with Crippen molar-refractivity contribution in [2.75, 3.05) is 13.2 Å². The minimum absolute atomic E-state index is 0.0207. The molecule has 3 heterocycles. The van der Waals surface area contributed by atoms with Crippen LogP contribution >= 0.6 is 11.8 Å². The number of rotatable bonds is 6. The van der Waals surface area contributed by atoms with Crippen LogP contribution in [0.3, 0.4) is 0 Å². The molecule has 3 aromatic rings. The average molecular weight is 461 g/mol. The van der Waals surface area contributed by atoms with Crippen molar-refractivity contribution in [3.8, 4) is 0 Å². The fourth-order valence-electron chi connectivity index (χ4n) is 4.19. The zero-order chi connectivity index (χ0) is 22.8. The lowest BCUT2D eigenvalue weighted by molar-refractivity contribution is -0.123. The van der Waals surface area contributed by atoms with Crippen LogP contribution in [0.1, 0.15) is 18.4 Å². The van der Waals surface area contributed by atoms with E-state index >= 15 is 0 Å². The maximum absolute atomic E-state index is 13.4. The van der Waals surface area contributed by atoms with E-state index in [1.165, 1.54) is 11.8 Å². The molecule has 0 saturated carbocycles. The van der Waals surface area contributed by atoms with E-state index < -0.39 is 5.91 Å². The molecular weight excluding hydrogens is 436 g/mol.